The van der Waals surface area contributed by atoms with Crippen LogP contribution >= 0.6 is 12.2 Å². The van der Waals surface area contributed by atoms with Crippen molar-refractivity contribution in [2.45, 2.75) is 6.54 Å². The van der Waals surface area contributed by atoms with Gasteiger partial charge in [-0.05, 0) is 58.9 Å². The minimum atomic E-state index is 0.660. The van der Waals surface area contributed by atoms with E-state index >= 15 is 0 Å². The number of hydrogen-bond acceptors (Lipinski definition) is 3. The van der Waals surface area contributed by atoms with Crippen LogP contribution in [0.2, 0.25) is 0 Å². The van der Waals surface area contributed by atoms with Gasteiger partial charge in [0.2, 0.25) is 0 Å². The Labute approximate surface area is 159 Å². The molecule has 0 unspecified atom stereocenters. The molecular formula is C21H22N2O2S. The second-order valence-electron chi connectivity index (χ2n) is 6.07. The van der Waals surface area contributed by atoms with Crippen molar-refractivity contribution in [3.63, 3.8) is 0 Å². The highest BCUT2D eigenvalue weighted by molar-refractivity contribution is 7.80. The van der Waals surface area contributed by atoms with Gasteiger partial charge >= 0.3 is 0 Å². The van der Waals surface area contributed by atoms with E-state index in [0.717, 1.165) is 29.1 Å². The largest absolute Gasteiger partial charge is 0.497 e. The van der Waals surface area contributed by atoms with E-state index in [1.165, 1.54) is 10.9 Å². The van der Waals surface area contributed by atoms with Crippen LogP contribution < -0.4 is 14.8 Å². The summed E-state index contributed by atoms with van der Waals surface area (Å²) in [7, 11) is 5.31. The Morgan fingerprint density at radius 1 is 0.923 bits per heavy atom. The zero-order chi connectivity index (χ0) is 18.5. The molecule has 26 heavy (non-hydrogen) atoms. The summed E-state index contributed by atoms with van der Waals surface area (Å²) in [6.07, 6.45) is 0. The van der Waals surface area contributed by atoms with Crippen molar-refractivity contribution in [3.8, 4) is 11.5 Å². The Hall–Kier alpha value is -2.79. The molecule has 3 rings (SSSR count). The number of nitrogens with one attached hydrogen (secondary N) is 1. The molecule has 0 aliphatic heterocycles. The molecular weight excluding hydrogens is 344 g/mol. The highest BCUT2D eigenvalue weighted by atomic mass is 32.1. The average Bonchev–Trinajstić information content (AvgIpc) is 2.67. The molecule has 0 radical (unpaired) electrons. The predicted octanol–water partition coefficient (Wildman–Crippen LogP) is 4.69. The fourth-order valence-electron chi connectivity index (χ4n) is 2.76. The van der Waals surface area contributed by atoms with E-state index in [0.29, 0.717) is 5.11 Å². The van der Waals surface area contributed by atoms with E-state index in [4.69, 9.17) is 21.7 Å². The first-order chi connectivity index (χ1) is 12.6. The standard InChI is InChI=1S/C21H22N2O2S/c1-23(21(26)22-18-5-4-6-19(13-18)24-2)14-15-7-8-17-12-20(25-3)10-9-16(17)11-15/h4-13H,14H2,1-3H3,(H,22,26). The molecule has 3 aromatic carbocycles. The van der Waals surface area contributed by atoms with Gasteiger partial charge < -0.3 is 19.7 Å². The lowest BCUT2D eigenvalue weighted by Gasteiger charge is -2.21. The van der Waals surface area contributed by atoms with Crippen molar-refractivity contribution < 1.29 is 9.47 Å². The van der Waals surface area contributed by atoms with Gasteiger partial charge in [0.25, 0.3) is 0 Å². The summed E-state index contributed by atoms with van der Waals surface area (Å²) in [6, 6.07) is 20.2. The number of hydrogen-bond donors (Lipinski definition) is 1. The third-order valence-electron chi connectivity index (χ3n) is 4.20. The van der Waals surface area contributed by atoms with Crippen molar-refractivity contribution in [2.24, 2.45) is 0 Å². The summed E-state index contributed by atoms with van der Waals surface area (Å²) in [4.78, 5) is 2.01. The molecule has 0 aliphatic rings. The van der Waals surface area contributed by atoms with E-state index in [2.05, 4.69) is 29.6 Å². The normalized spacial score (nSPS) is 10.4. The van der Waals surface area contributed by atoms with Crippen LogP contribution in [0.5, 0.6) is 11.5 Å². The van der Waals surface area contributed by atoms with Crippen LogP contribution in [0.3, 0.4) is 0 Å². The molecule has 0 atom stereocenters. The van der Waals surface area contributed by atoms with Crippen molar-refractivity contribution in [1.82, 2.24) is 4.90 Å². The average molecular weight is 366 g/mol. The highest BCUT2D eigenvalue weighted by Crippen LogP contribution is 2.22. The van der Waals surface area contributed by atoms with Gasteiger partial charge in [-0.15, -0.1) is 0 Å². The van der Waals surface area contributed by atoms with Crippen LogP contribution in [0.4, 0.5) is 5.69 Å². The van der Waals surface area contributed by atoms with Gasteiger partial charge in [-0.25, -0.2) is 0 Å². The summed E-state index contributed by atoms with van der Waals surface area (Å²) >= 11 is 5.52. The van der Waals surface area contributed by atoms with Crippen LogP contribution in [-0.2, 0) is 6.54 Å². The Bertz CT molecular complexity index is 927. The molecule has 0 saturated carbocycles. The van der Waals surface area contributed by atoms with E-state index in [1.54, 1.807) is 14.2 Å². The smallest absolute Gasteiger partial charge is 0.173 e. The van der Waals surface area contributed by atoms with E-state index in [1.807, 2.05) is 48.3 Å². The molecule has 0 fully saturated rings. The molecule has 0 saturated heterocycles. The van der Waals surface area contributed by atoms with Crippen molar-refractivity contribution >= 4 is 33.8 Å². The van der Waals surface area contributed by atoms with Gasteiger partial charge in [-0.2, -0.15) is 0 Å². The minimum absolute atomic E-state index is 0.660. The van der Waals surface area contributed by atoms with Gasteiger partial charge in [-0.1, -0.05) is 24.3 Å². The molecule has 0 aliphatic carbocycles. The number of fused-ring (bicyclic) bond motifs is 1. The SMILES string of the molecule is COc1cccc(NC(=S)N(C)Cc2ccc3cc(OC)ccc3c2)c1. The number of thiocarbonyl (C=S) groups is 1. The lowest BCUT2D eigenvalue weighted by molar-refractivity contribution is 0.415. The van der Waals surface area contributed by atoms with Gasteiger partial charge in [0.05, 0.1) is 14.2 Å². The Kier molecular flexibility index (Phi) is 5.58. The summed E-state index contributed by atoms with van der Waals surface area (Å²) < 4.78 is 10.5. The van der Waals surface area contributed by atoms with Crippen molar-refractivity contribution in [1.29, 1.82) is 0 Å². The summed E-state index contributed by atoms with van der Waals surface area (Å²) in [5, 5.41) is 6.25. The molecule has 134 valence electrons. The Morgan fingerprint density at radius 2 is 1.62 bits per heavy atom. The van der Waals surface area contributed by atoms with Crippen LogP contribution in [0.15, 0.2) is 60.7 Å². The fraction of sp³-hybridized carbons (Fsp3) is 0.190. The predicted molar refractivity (Wildman–Crippen MR) is 111 cm³/mol. The second-order valence-corrected chi connectivity index (χ2v) is 6.45. The zero-order valence-corrected chi connectivity index (χ0v) is 16.0. The molecule has 3 aromatic rings. The maximum Gasteiger partial charge on any atom is 0.173 e. The monoisotopic (exact) mass is 366 g/mol. The second kappa shape index (κ2) is 8.06. The first kappa shape index (κ1) is 18.0. The summed E-state index contributed by atoms with van der Waals surface area (Å²) in [6.45, 7) is 0.720. The molecule has 5 heteroatoms. The van der Waals surface area contributed by atoms with Crippen LogP contribution in [0.1, 0.15) is 5.56 Å². The third kappa shape index (κ3) is 4.24. The molecule has 0 spiro atoms. The number of ether oxygens (including phenoxy) is 2. The van der Waals surface area contributed by atoms with Crippen molar-refractivity contribution in [2.75, 3.05) is 26.6 Å². The lowest BCUT2D eigenvalue weighted by atomic mass is 10.1. The quantitative estimate of drug-likeness (QED) is 0.663. The number of nitrogens with zero attached hydrogens (tertiary/aromatic N) is 1. The van der Waals surface area contributed by atoms with Crippen LogP contribution in [-0.4, -0.2) is 31.3 Å². The zero-order valence-electron chi connectivity index (χ0n) is 15.2. The number of rotatable bonds is 5. The molecule has 0 aromatic heterocycles. The highest BCUT2D eigenvalue weighted by Gasteiger charge is 2.07. The van der Waals surface area contributed by atoms with Gasteiger partial charge in [0.15, 0.2) is 5.11 Å². The van der Waals surface area contributed by atoms with Crippen LogP contribution in [0, 0.1) is 0 Å². The Morgan fingerprint density at radius 3 is 2.38 bits per heavy atom. The van der Waals surface area contributed by atoms with Crippen LogP contribution in [0.25, 0.3) is 10.8 Å². The molecule has 4 nitrogen and oxygen atoms in total. The van der Waals surface area contributed by atoms with Gasteiger partial charge in [0.1, 0.15) is 11.5 Å². The Balaban J connectivity index is 1.69. The molecule has 1 N–H and O–H groups in total. The molecule has 0 heterocycles. The minimum Gasteiger partial charge on any atom is -0.497 e. The summed E-state index contributed by atoms with van der Waals surface area (Å²) in [5.41, 5.74) is 2.10. The number of anilines is 1. The number of benzene rings is 3. The maximum atomic E-state index is 5.52. The van der Waals surface area contributed by atoms with E-state index in [9.17, 15) is 0 Å². The first-order valence-electron chi connectivity index (χ1n) is 8.32. The topological polar surface area (TPSA) is 33.7 Å². The van der Waals surface area contributed by atoms with Gasteiger partial charge in [-0.3, -0.25) is 0 Å². The maximum absolute atomic E-state index is 5.52. The fourth-order valence-corrected chi connectivity index (χ4v) is 2.95. The lowest BCUT2D eigenvalue weighted by Crippen LogP contribution is -2.30. The number of methoxy groups -OCH3 is 2. The van der Waals surface area contributed by atoms with E-state index < -0.39 is 0 Å². The molecule has 0 bridgehead atoms. The van der Waals surface area contributed by atoms with Gasteiger partial charge in [0, 0.05) is 25.3 Å². The summed E-state index contributed by atoms with van der Waals surface area (Å²) in [5.74, 6) is 1.66. The van der Waals surface area contributed by atoms with E-state index in [-0.39, 0.29) is 0 Å². The van der Waals surface area contributed by atoms with Crippen molar-refractivity contribution in [3.05, 3.63) is 66.2 Å². The third-order valence-corrected chi connectivity index (χ3v) is 4.61. The first-order valence-corrected chi connectivity index (χ1v) is 8.73. The molecule has 0 amide bonds.